The van der Waals surface area contributed by atoms with Crippen molar-refractivity contribution in [3.8, 4) is 5.19 Å². The summed E-state index contributed by atoms with van der Waals surface area (Å²) >= 11 is 7.07. The van der Waals surface area contributed by atoms with Crippen LogP contribution in [0.4, 0.5) is 0 Å². The highest BCUT2D eigenvalue weighted by atomic mass is 35.5. The van der Waals surface area contributed by atoms with Gasteiger partial charge in [0.25, 0.3) is 5.19 Å². The molecule has 0 saturated heterocycles. The van der Waals surface area contributed by atoms with Gasteiger partial charge in [-0.05, 0) is 12.8 Å². The summed E-state index contributed by atoms with van der Waals surface area (Å²) in [7, 11) is 0. The van der Waals surface area contributed by atoms with Crippen LogP contribution in [-0.2, 0) is 0 Å². The summed E-state index contributed by atoms with van der Waals surface area (Å²) in [6, 6.07) is 0. The zero-order chi connectivity index (χ0) is 9.14. The lowest BCUT2D eigenvalue weighted by molar-refractivity contribution is 0.170. The van der Waals surface area contributed by atoms with Crippen LogP contribution in [0.2, 0.25) is 5.15 Å². The smallest absolute Gasteiger partial charge is 0.274 e. The zero-order valence-electron chi connectivity index (χ0n) is 7.37. The molecule has 0 fully saturated rings. The summed E-state index contributed by atoms with van der Waals surface area (Å²) in [6.45, 7) is 6.25. The average molecular weight is 206 g/mol. The van der Waals surface area contributed by atoms with Crippen molar-refractivity contribution in [2.24, 2.45) is 5.92 Å². The minimum Gasteiger partial charge on any atom is -0.467 e. The van der Waals surface area contributed by atoms with Gasteiger partial charge in [-0.1, -0.05) is 36.8 Å². The van der Waals surface area contributed by atoms with Crippen LogP contribution >= 0.6 is 22.9 Å². The third-order valence-corrected chi connectivity index (χ3v) is 2.73. The van der Waals surface area contributed by atoms with E-state index in [4.69, 9.17) is 16.3 Å². The van der Waals surface area contributed by atoms with Gasteiger partial charge in [-0.15, -0.1) is 0 Å². The van der Waals surface area contributed by atoms with Crippen molar-refractivity contribution < 1.29 is 4.74 Å². The number of nitrogens with zero attached hydrogens (tertiary/aromatic N) is 1. The van der Waals surface area contributed by atoms with E-state index in [9.17, 15) is 0 Å². The first kappa shape index (κ1) is 9.81. The summed E-state index contributed by atoms with van der Waals surface area (Å²) < 4.78 is 5.52. The minimum absolute atomic E-state index is 0.187. The Morgan fingerprint density at radius 1 is 1.50 bits per heavy atom. The second kappa shape index (κ2) is 4.10. The van der Waals surface area contributed by atoms with E-state index in [1.54, 1.807) is 5.38 Å². The summed E-state index contributed by atoms with van der Waals surface area (Å²) in [5.41, 5.74) is 0. The fourth-order valence-corrected chi connectivity index (χ4v) is 1.46. The highest BCUT2D eigenvalue weighted by Gasteiger charge is 2.10. The molecule has 1 rings (SSSR count). The normalized spacial score (nSPS) is 13.4. The van der Waals surface area contributed by atoms with Crippen LogP contribution in [0.3, 0.4) is 0 Å². The predicted molar refractivity (Wildman–Crippen MR) is 52.1 cm³/mol. The van der Waals surface area contributed by atoms with Gasteiger partial charge in [0.05, 0.1) is 0 Å². The maximum Gasteiger partial charge on any atom is 0.274 e. The highest BCUT2D eigenvalue weighted by molar-refractivity contribution is 7.11. The topological polar surface area (TPSA) is 22.1 Å². The molecule has 1 aromatic rings. The van der Waals surface area contributed by atoms with Crippen LogP contribution in [0.15, 0.2) is 5.38 Å². The molecule has 0 aliphatic heterocycles. The zero-order valence-corrected chi connectivity index (χ0v) is 8.95. The number of hydrogen-bond donors (Lipinski definition) is 0. The van der Waals surface area contributed by atoms with E-state index in [1.165, 1.54) is 11.3 Å². The Labute approximate surface area is 81.5 Å². The monoisotopic (exact) mass is 205 g/mol. The molecule has 0 aromatic carbocycles. The Hall–Kier alpha value is -0.280. The molecule has 12 heavy (non-hydrogen) atoms. The van der Waals surface area contributed by atoms with Crippen molar-refractivity contribution in [3.63, 3.8) is 0 Å². The van der Waals surface area contributed by atoms with Crippen LogP contribution in [-0.4, -0.2) is 11.1 Å². The molecular weight excluding hydrogens is 194 g/mol. The summed E-state index contributed by atoms with van der Waals surface area (Å²) in [4.78, 5) is 3.99. The maximum atomic E-state index is 5.64. The summed E-state index contributed by atoms with van der Waals surface area (Å²) in [5, 5.41) is 2.93. The molecule has 0 N–H and O–H groups in total. The van der Waals surface area contributed by atoms with Gasteiger partial charge in [0.1, 0.15) is 11.3 Å². The molecule has 1 aromatic heterocycles. The Bertz CT molecular complexity index is 249. The van der Waals surface area contributed by atoms with Crippen molar-refractivity contribution in [2.75, 3.05) is 0 Å². The van der Waals surface area contributed by atoms with E-state index in [0.717, 1.165) is 0 Å². The van der Waals surface area contributed by atoms with Crippen LogP contribution in [0, 0.1) is 5.92 Å². The second-order valence-electron chi connectivity index (χ2n) is 3.00. The quantitative estimate of drug-likeness (QED) is 0.756. The molecular formula is C8H12ClNOS. The number of halogens is 1. The van der Waals surface area contributed by atoms with Gasteiger partial charge in [-0.2, -0.15) is 4.98 Å². The number of thiazole rings is 1. The molecule has 0 saturated carbocycles. The van der Waals surface area contributed by atoms with Crippen molar-refractivity contribution >= 4 is 22.9 Å². The number of rotatable bonds is 3. The number of ether oxygens (including phenoxy) is 1. The molecule has 0 amide bonds. The molecule has 1 heterocycles. The predicted octanol–water partition coefficient (Wildman–Crippen LogP) is 3.22. The molecule has 0 aliphatic rings. The van der Waals surface area contributed by atoms with Crippen molar-refractivity contribution in [2.45, 2.75) is 26.9 Å². The van der Waals surface area contributed by atoms with Crippen molar-refractivity contribution in [1.82, 2.24) is 4.98 Å². The molecule has 0 aliphatic carbocycles. The molecule has 1 atom stereocenters. The molecule has 0 radical (unpaired) electrons. The van der Waals surface area contributed by atoms with Gasteiger partial charge in [0.2, 0.25) is 0 Å². The Morgan fingerprint density at radius 2 is 2.17 bits per heavy atom. The van der Waals surface area contributed by atoms with Gasteiger partial charge >= 0.3 is 0 Å². The van der Waals surface area contributed by atoms with Crippen LogP contribution in [0.1, 0.15) is 20.8 Å². The molecule has 0 spiro atoms. The van der Waals surface area contributed by atoms with E-state index >= 15 is 0 Å². The molecule has 2 nitrogen and oxygen atoms in total. The van der Waals surface area contributed by atoms with E-state index in [2.05, 4.69) is 18.8 Å². The largest absolute Gasteiger partial charge is 0.467 e. The molecule has 0 bridgehead atoms. The molecule has 68 valence electrons. The standard InChI is InChI=1S/C8H12ClNOS/c1-5(2)6(3)11-8-10-7(9)4-12-8/h4-6H,1-3H3. The average Bonchev–Trinajstić information content (AvgIpc) is 2.35. The lowest BCUT2D eigenvalue weighted by atomic mass is 10.1. The second-order valence-corrected chi connectivity index (χ2v) is 4.21. The van der Waals surface area contributed by atoms with Crippen LogP contribution < -0.4 is 4.74 Å². The Balaban J connectivity index is 2.52. The van der Waals surface area contributed by atoms with Gasteiger partial charge in [0.15, 0.2) is 0 Å². The first-order valence-electron chi connectivity index (χ1n) is 3.87. The van der Waals surface area contributed by atoms with Crippen molar-refractivity contribution in [1.29, 1.82) is 0 Å². The van der Waals surface area contributed by atoms with Crippen molar-refractivity contribution in [3.05, 3.63) is 10.5 Å². The first-order chi connectivity index (χ1) is 5.59. The van der Waals surface area contributed by atoms with E-state index < -0.39 is 0 Å². The fraction of sp³-hybridized carbons (Fsp3) is 0.625. The third-order valence-electron chi connectivity index (χ3n) is 1.68. The lowest BCUT2D eigenvalue weighted by Gasteiger charge is -2.15. The van der Waals surface area contributed by atoms with E-state index in [-0.39, 0.29) is 6.10 Å². The minimum atomic E-state index is 0.187. The Kier molecular flexibility index (Phi) is 3.35. The lowest BCUT2D eigenvalue weighted by Crippen LogP contribution is -2.18. The highest BCUT2D eigenvalue weighted by Crippen LogP contribution is 2.23. The first-order valence-corrected chi connectivity index (χ1v) is 5.13. The van der Waals surface area contributed by atoms with Gasteiger partial charge in [-0.25, -0.2) is 0 Å². The molecule has 4 heteroatoms. The van der Waals surface area contributed by atoms with Gasteiger partial charge in [0, 0.05) is 5.38 Å². The third kappa shape index (κ3) is 2.64. The molecule has 1 unspecified atom stereocenters. The number of hydrogen-bond acceptors (Lipinski definition) is 3. The summed E-state index contributed by atoms with van der Waals surface area (Å²) in [6.07, 6.45) is 0.187. The van der Waals surface area contributed by atoms with E-state index in [1.807, 2.05) is 6.92 Å². The van der Waals surface area contributed by atoms with Crippen LogP contribution in [0.5, 0.6) is 5.19 Å². The summed E-state index contributed by atoms with van der Waals surface area (Å²) in [5.74, 6) is 0.493. The van der Waals surface area contributed by atoms with Gasteiger partial charge < -0.3 is 4.74 Å². The van der Waals surface area contributed by atoms with Crippen LogP contribution in [0.25, 0.3) is 0 Å². The van der Waals surface area contributed by atoms with Gasteiger partial charge in [-0.3, -0.25) is 0 Å². The Morgan fingerprint density at radius 3 is 2.58 bits per heavy atom. The SMILES string of the molecule is CC(C)C(C)Oc1nc(Cl)cs1. The maximum absolute atomic E-state index is 5.64. The number of aromatic nitrogens is 1. The fourth-order valence-electron chi connectivity index (χ4n) is 0.588. The van der Waals surface area contributed by atoms with E-state index in [0.29, 0.717) is 16.3 Å².